The summed E-state index contributed by atoms with van der Waals surface area (Å²) in [5.74, 6) is 2.08. The van der Waals surface area contributed by atoms with Gasteiger partial charge in [0, 0.05) is 42.5 Å². The Morgan fingerprint density at radius 1 is 1.35 bits per heavy atom. The van der Waals surface area contributed by atoms with Crippen molar-refractivity contribution in [2.24, 2.45) is 0 Å². The van der Waals surface area contributed by atoms with Crippen molar-refractivity contribution < 1.29 is 0 Å². The van der Waals surface area contributed by atoms with E-state index in [9.17, 15) is 4.79 Å². The number of anilines is 3. The minimum atomic E-state index is -0.0359. The number of aromatic nitrogens is 2. The predicted molar refractivity (Wildman–Crippen MR) is 83.9 cm³/mol. The zero-order chi connectivity index (χ0) is 14.1. The Kier molecular flexibility index (Phi) is 3.40. The number of aromatic amines is 1. The van der Waals surface area contributed by atoms with Gasteiger partial charge in [-0.3, -0.25) is 9.78 Å². The van der Waals surface area contributed by atoms with Crippen molar-refractivity contribution in [2.75, 3.05) is 24.3 Å². The number of rotatable bonds is 3. The molecule has 3 rings (SSSR count). The normalized spacial score (nSPS) is 13.1. The number of fused-ring (bicyclic) bond motifs is 1. The summed E-state index contributed by atoms with van der Waals surface area (Å²) in [5, 5.41) is 3.17. The first-order valence-electron chi connectivity index (χ1n) is 6.38. The van der Waals surface area contributed by atoms with Crippen LogP contribution in [0.3, 0.4) is 0 Å². The van der Waals surface area contributed by atoms with Crippen molar-refractivity contribution in [1.82, 2.24) is 9.97 Å². The summed E-state index contributed by atoms with van der Waals surface area (Å²) in [6, 6.07) is 7.97. The van der Waals surface area contributed by atoms with Crippen molar-refractivity contribution in [1.29, 1.82) is 0 Å². The fourth-order valence-corrected chi connectivity index (χ4v) is 3.16. The van der Waals surface area contributed by atoms with Crippen molar-refractivity contribution in [3.63, 3.8) is 0 Å². The largest absolute Gasteiger partial charge is 0.378 e. The zero-order valence-electron chi connectivity index (χ0n) is 11.4. The van der Waals surface area contributed by atoms with Crippen LogP contribution in [0.5, 0.6) is 0 Å². The maximum atomic E-state index is 11.9. The lowest BCUT2D eigenvalue weighted by atomic mass is 10.2. The molecule has 1 aromatic carbocycles. The molecule has 0 saturated carbocycles. The first-order valence-corrected chi connectivity index (χ1v) is 7.53. The third-order valence-corrected chi connectivity index (χ3v) is 4.18. The Hall–Kier alpha value is -1.95. The Labute approximate surface area is 121 Å². The minimum Gasteiger partial charge on any atom is -0.378 e. The van der Waals surface area contributed by atoms with Gasteiger partial charge in [0.1, 0.15) is 0 Å². The highest BCUT2D eigenvalue weighted by Crippen LogP contribution is 2.26. The summed E-state index contributed by atoms with van der Waals surface area (Å²) in [5.41, 5.74) is 3.66. The first-order chi connectivity index (χ1) is 9.63. The van der Waals surface area contributed by atoms with Crippen LogP contribution in [0.1, 0.15) is 11.3 Å². The van der Waals surface area contributed by atoms with E-state index in [2.05, 4.69) is 15.3 Å². The highest BCUT2D eigenvalue weighted by molar-refractivity contribution is 7.98. The first kappa shape index (κ1) is 13.1. The lowest BCUT2D eigenvalue weighted by Crippen LogP contribution is -2.16. The third kappa shape index (κ3) is 2.51. The number of hydrogen-bond donors (Lipinski definition) is 2. The molecule has 0 atom stereocenters. The lowest BCUT2D eigenvalue weighted by molar-refractivity contribution is 1.03. The van der Waals surface area contributed by atoms with Crippen LogP contribution in [-0.2, 0) is 11.5 Å². The molecule has 6 heteroatoms. The SMILES string of the molecule is CN(C)c1cccc(Nc2nc3c(c(=O)[nH]2)CSC3)c1. The Morgan fingerprint density at radius 2 is 2.20 bits per heavy atom. The van der Waals surface area contributed by atoms with Crippen LogP contribution in [0, 0.1) is 0 Å². The van der Waals surface area contributed by atoms with Gasteiger partial charge in [0.15, 0.2) is 0 Å². The molecule has 1 aliphatic rings. The molecule has 1 aromatic heterocycles. The van der Waals surface area contributed by atoms with Gasteiger partial charge in [0.05, 0.1) is 5.69 Å². The molecule has 0 radical (unpaired) electrons. The molecule has 20 heavy (non-hydrogen) atoms. The van der Waals surface area contributed by atoms with E-state index < -0.39 is 0 Å². The van der Waals surface area contributed by atoms with Crippen LogP contribution in [0.2, 0.25) is 0 Å². The molecule has 1 aliphatic heterocycles. The van der Waals surface area contributed by atoms with Crippen LogP contribution in [0.25, 0.3) is 0 Å². The fraction of sp³-hybridized carbons (Fsp3) is 0.286. The third-order valence-electron chi connectivity index (χ3n) is 3.21. The Morgan fingerprint density at radius 3 is 3.00 bits per heavy atom. The van der Waals surface area contributed by atoms with Gasteiger partial charge < -0.3 is 10.2 Å². The quantitative estimate of drug-likeness (QED) is 0.907. The molecule has 2 aromatic rings. The van der Waals surface area contributed by atoms with Crippen LogP contribution in [-0.4, -0.2) is 24.1 Å². The summed E-state index contributed by atoms with van der Waals surface area (Å²) in [6.07, 6.45) is 0. The van der Waals surface area contributed by atoms with E-state index in [1.54, 1.807) is 11.8 Å². The van der Waals surface area contributed by atoms with Crippen LogP contribution in [0.15, 0.2) is 29.1 Å². The van der Waals surface area contributed by atoms with E-state index >= 15 is 0 Å². The van der Waals surface area contributed by atoms with Crippen LogP contribution in [0.4, 0.5) is 17.3 Å². The van der Waals surface area contributed by atoms with Gasteiger partial charge in [-0.15, -0.1) is 0 Å². The van der Waals surface area contributed by atoms with Gasteiger partial charge >= 0.3 is 0 Å². The standard InChI is InChI=1S/C14H16N4OS/c1-18(2)10-5-3-4-9(6-10)15-14-16-12-8-20-7-11(12)13(19)17-14/h3-6H,7-8H2,1-2H3,(H2,15,16,17,19). The monoisotopic (exact) mass is 288 g/mol. The lowest BCUT2D eigenvalue weighted by Gasteiger charge is -2.14. The van der Waals surface area contributed by atoms with E-state index in [1.807, 2.05) is 43.3 Å². The maximum absolute atomic E-state index is 11.9. The van der Waals surface area contributed by atoms with E-state index in [-0.39, 0.29) is 5.56 Å². The van der Waals surface area contributed by atoms with Gasteiger partial charge in [-0.05, 0) is 18.2 Å². The summed E-state index contributed by atoms with van der Waals surface area (Å²) in [7, 11) is 3.98. The number of hydrogen-bond acceptors (Lipinski definition) is 5. The molecule has 0 aliphatic carbocycles. The number of benzene rings is 1. The van der Waals surface area contributed by atoms with Crippen molar-refractivity contribution in [3.05, 3.63) is 45.9 Å². The average Bonchev–Trinajstić information content (AvgIpc) is 2.88. The summed E-state index contributed by atoms with van der Waals surface area (Å²) < 4.78 is 0. The van der Waals surface area contributed by atoms with Crippen LogP contribution >= 0.6 is 11.8 Å². The fourth-order valence-electron chi connectivity index (χ4n) is 2.12. The highest BCUT2D eigenvalue weighted by atomic mass is 32.2. The molecule has 0 spiro atoms. The van der Waals surface area contributed by atoms with Gasteiger partial charge in [-0.25, -0.2) is 4.98 Å². The minimum absolute atomic E-state index is 0.0359. The predicted octanol–water partition coefficient (Wildman–Crippen LogP) is 2.33. The van der Waals surface area contributed by atoms with Crippen molar-refractivity contribution in [2.45, 2.75) is 11.5 Å². The number of H-pyrrole nitrogens is 1. The maximum Gasteiger partial charge on any atom is 0.256 e. The summed E-state index contributed by atoms with van der Waals surface area (Å²) >= 11 is 1.72. The molecule has 0 fully saturated rings. The zero-order valence-corrected chi connectivity index (χ0v) is 12.3. The molecule has 0 bridgehead atoms. The van der Waals surface area contributed by atoms with E-state index in [1.165, 1.54) is 0 Å². The van der Waals surface area contributed by atoms with Gasteiger partial charge in [0.2, 0.25) is 5.95 Å². The Bertz CT molecular complexity index is 696. The molecule has 2 heterocycles. The topological polar surface area (TPSA) is 61.0 Å². The number of nitrogens with one attached hydrogen (secondary N) is 2. The Balaban J connectivity index is 1.90. The molecule has 2 N–H and O–H groups in total. The number of nitrogens with zero attached hydrogens (tertiary/aromatic N) is 2. The number of thioether (sulfide) groups is 1. The van der Waals surface area contributed by atoms with Crippen molar-refractivity contribution in [3.8, 4) is 0 Å². The molecule has 0 amide bonds. The smallest absolute Gasteiger partial charge is 0.256 e. The van der Waals surface area contributed by atoms with Gasteiger partial charge in [0.25, 0.3) is 5.56 Å². The van der Waals surface area contributed by atoms with Gasteiger partial charge in [-0.1, -0.05) is 6.07 Å². The average molecular weight is 288 g/mol. The second-order valence-electron chi connectivity index (χ2n) is 4.90. The molecule has 0 unspecified atom stereocenters. The van der Waals surface area contributed by atoms with Gasteiger partial charge in [-0.2, -0.15) is 11.8 Å². The van der Waals surface area contributed by atoms with E-state index in [4.69, 9.17) is 0 Å². The second kappa shape index (κ2) is 5.20. The van der Waals surface area contributed by atoms with E-state index in [0.717, 1.165) is 34.1 Å². The molecule has 5 nitrogen and oxygen atoms in total. The molecule has 104 valence electrons. The molecular formula is C14H16N4OS. The summed E-state index contributed by atoms with van der Waals surface area (Å²) in [4.78, 5) is 21.3. The second-order valence-corrected chi connectivity index (χ2v) is 5.89. The van der Waals surface area contributed by atoms with Crippen LogP contribution < -0.4 is 15.8 Å². The summed E-state index contributed by atoms with van der Waals surface area (Å²) in [6.45, 7) is 0. The molecular weight excluding hydrogens is 272 g/mol. The molecule has 0 saturated heterocycles. The van der Waals surface area contributed by atoms with Crippen molar-refractivity contribution >= 4 is 29.1 Å². The van der Waals surface area contributed by atoms with E-state index in [0.29, 0.717) is 5.95 Å². The highest BCUT2D eigenvalue weighted by Gasteiger charge is 2.17.